The molecule has 8 heteroatoms. The summed E-state index contributed by atoms with van der Waals surface area (Å²) in [6, 6.07) is 7.95. The highest BCUT2D eigenvalue weighted by Crippen LogP contribution is 2.34. The molecule has 1 aliphatic rings. The number of rotatable bonds is 8. The molecule has 1 heterocycles. The van der Waals surface area contributed by atoms with Gasteiger partial charge in [0, 0.05) is 25.2 Å². The number of ether oxygens (including phenoxy) is 2. The minimum absolute atomic E-state index is 0. The highest BCUT2D eigenvalue weighted by atomic mass is 127. The molecule has 2 aromatic rings. The number of hydrogen-bond donors (Lipinski definition) is 2. The lowest BCUT2D eigenvalue weighted by Crippen LogP contribution is -2.36. The standard InChI is InChI=1S/C22H32N4O3.HI/c1-15(2)19-12-18(29-26-19)14-25-22(23-3)24-13-16-8-7-11-20(27-4)21(16)28-17-9-5-6-10-17;/h7-8,11-12,15,17H,5-6,9-10,13-14H2,1-4H3,(H2,23,24,25);1H. The summed E-state index contributed by atoms with van der Waals surface area (Å²) in [6.45, 7) is 5.28. The fourth-order valence-corrected chi connectivity index (χ4v) is 3.42. The van der Waals surface area contributed by atoms with Gasteiger partial charge in [-0.25, -0.2) is 0 Å². The van der Waals surface area contributed by atoms with Crippen molar-refractivity contribution in [2.24, 2.45) is 4.99 Å². The number of aliphatic imine (C=N–C) groups is 1. The van der Waals surface area contributed by atoms with Crippen molar-refractivity contribution in [3.05, 3.63) is 41.3 Å². The van der Waals surface area contributed by atoms with Gasteiger partial charge in [-0.15, -0.1) is 24.0 Å². The van der Waals surface area contributed by atoms with Crippen molar-refractivity contribution in [2.45, 2.75) is 64.6 Å². The first-order chi connectivity index (χ1) is 14.1. The van der Waals surface area contributed by atoms with Crippen molar-refractivity contribution in [1.82, 2.24) is 15.8 Å². The molecule has 0 unspecified atom stereocenters. The van der Waals surface area contributed by atoms with Gasteiger partial charge in [-0.2, -0.15) is 0 Å². The normalized spacial score (nSPS) is 14.5. The molecule has 0 radical (unpaired) electrons. The highest BCUT2D eigenvalue weighted by Gasteiger charge is 2.20. The molecule has 166 valence electrons. The van der Waals surface area contributed by atoms with Gasteiger partial charge in [0.25, 0.3) is 0 Å². The summed E-state index contributed by atoms with van der Waals surface area (Å²) in [5.74, 6) is 3.39. The maximum atomic E-state index is 6.30. The van der Waals surface area contributed by atoms with E-state index in [0.29, 0.717) is 25.0 Å². The number of guanidine groups is 1. The van der Waals surface area contributed by atoms with Crippen molar-refractivity contribution in [2.75, 3.05) is 14.2 Å². The number of nitrogens with one attached hydrogen (secondary N) is 2. The predicted molar refractivity (Wildman–Crippen MR) is 129 cm³/mol. The van der Waals surface area contributed by atoms with Gasteiger partial charge in [0.15, 0.2) is 23.2 Å². The van der Waals surface area contributed by atoms with Crippen molar-refractivity contribution in [3.8, 4) is 11.5 Å². The molecule has 1 aliphatic carbocycles. The lowest BCUT2D eigenvalue weighted by molar-refractivity contribution is 0.198. The second-order valence-corrected chi connectivity index (χ2v) is 7.62. The van der Waals surface area contributed by atoms with Crippen LogP contribution in [0.15, 0.2) is 33.8 Å². The van der Waals surface area contributed by atoms with Crippen molar-refractivity contribution in [1.29, 1.82) is 0 Å². The summed E-state index contributed by atoms with van der Waals surface area (Å²) in [5, 5.41) is 10.7. The van der Waals surface area contributed by atoms with E-state index in [1.54, 1.807) is 14.2 Å². The first-order valence-electron chi connectivity index (χ1n) is 10.3. The van der Waals surface area contributed by atoms with E-state index in [1.165, 1.54) is 12.8 Å². The van der Waals surface area contributed by atoms with Gasteiger partial charge in [-0.1, -0.05) is 31.1 Å². The van der Waals surface area contributed by atoms with Crippen molar-refractivity contribution in [3.63, 3.8) is 0 Å². The van der Waals surface area contributed by atoms with Crippen LogP contribution < -0.4 is 20.1 Å². The molecule has 7 nitrogen and oxygen atoms in total. The number of nitrogens with zero attached hydrogens (tertiary/aromatic N) is 2. The third kappa shape index (κ3) is 6.52. The molecule has 0 bridgehead atoms. The van der Waals surface area contributed by atoms with Crippen LogP contribution >= 0.6 is 24.0 Å². The lowest BCUT2D eigenvalue weighted by atomic mass is 10.1. The molecule has 1 aromatic carbocycles. The zero-order valence-corrected chi connectivity index (χ0v) is 20.6. The van der Waals surface area contributed by atoms with E-state index in [1.807, 2.05) is 18.2 Å². The maximum absolute atomic E-state index is 6.30. The van der Waals surface area contributed by atoms with Gasteiger partial charge in [-0.3, -0.25) is 4.99 Å². The summed E-state index contributed by atoms with van der Waals surface area (Å²) in [4.78, 5) is 4.30. The predicted octanol–water partition coefficient (Wildman–Crippen LogP) is 4.61. The topological polar surface area (TPSA) is 80.9 Å². The minimum atomic E-state index is 0. The number of benzene rings is 1. The monoisotopic (exact) mass is 528 g/mol. The van der Waals surface area contributed by atoms with Crippen LogP contribution in [-0.4, -0.2) is 31.4 Å². The molecule has 0 atom stereocenters. The Kier molecular flexibility index (Phi) is 9.74. The van der Waals surface area contributed by atoms with Crippen LogP contribution in [-0.2, 0) is 13.1 Å². The molecule has 2 N–H and O–H groups in total. The average Bonchev–Trinajstić information content (AvgIpc) is 3.41. The van der Waals surface area contributed by atoms with Crippen LogP contribution in [0.2, 0.25) is 0 Å². The van der Waals surface area contributed by atoms with E-state index >= 15 is 0 Å². The molecule has 1 saturated carbocycles. The second kappa shape index (κ2) is 12.0. The Labute approximate surface area is 196 Å². The third-order valence-electron chi connectivity index (χ3n) is 5.14. The van der Waals surface area contributed by atoms with Crippen LogP contribution in [0.25, 0.3) is 0 Å². The minimum Gasteiger partial charge on any atom is -0.493 e. The van der Waals surface area contributed by atoms with Crippen molar-refractivity contribution >= 4 is 29.9 Å². The fraction of sp³-hybridized carbons (Fsp3) is 0.545. The van der Waals surface area contributed by atoms with Crippen LogP contribution in [0.3, 0.4) is 0 Å². The number of aromatic nitrogens is 1. The number of hydrogen-bond acceptors (Lipinski definition) is 5. The quantitative estimate of drug-likeness (QED) is 0.296. The Morgan fingerprint density at radius 1 is 1.23 bits per heavy atom. The zero-order valence-electron chi connectivity index (χ0n) is 18.2. The summed E-state index contributed by atoms with van der Waals surface area (Å²) < 4.78 is 17.2. The largest absolute Gasteiger partial charge is 0.493 e. The SMILES string of the molecule is CN=C(NCc1cc(C(C)C)no1)NCc1cccc(OC)c1OC1CCCC1.I. The first kappa shape index (κ1) is 24.3. The van der Waals surface area contributed by atoms with Crippen LogP contribution in [0.5, 0.6) is 11.5 Å². The van der Waals surface area contributed by atoms with Gasteiger partial charge in [0.05, 0.1) is 25.5 Å². The summed E-state index contributed by atoms with van der Waals surface area (Å²) in [5.41, 5.74) is 2.00. The smallest absolute Gasteiger partial charge is 0.191 e. The second-order valence-electron chi connectivity index (χ2n) is 7.62. The molecule has 3 rings (SSSR count). The molecule has 0 aliphatic heterocycles. The summed E-state index contributed by atoms with van der Waals surface area (Å²) in [7, 11) is 3.42. The average molecular weight is 528 g/mol. The molecule has 1 aromatic heterocycles. The Morgan fingerprint density at radius 3 is 2.60 bits per heavy atom. The fourth-order valence-electron chi connectivity index (χ4n) is 3.42. The zero-order chi connectivity index (χ0) is 20.6. The van der Waals surface area contributed by atoms with Gasteiger partial charge in [0.2, 0.25) is 0 Å². The summed E-state index contributed by atoms with van der Waals surface area (Å²) >= 11 is 0. The summed E-state index contributed by atoms with van der Waals surface area (Å²) in [6.07, 6.45) is 4.92. The van der Waals surface area contributed by atoms with Gasteiger partial charge < -0.3 is 24.6 Å². The van der Waals surface area contributed by atoms with E-state index in [-0.39, 0.29) is 30.1 Å². The highest BCUT2D eigenvalue weighted by molar-refractivity contribution is 14.0. The van der Waals surface area contributed by atoms with Crippen LogP contribution in [0, 0.1) is 0 Å². The molecule has 0 spiro atoms. The van der Waals surface area contributed by atoms with E-state index in [2.05, 4.69) is 40.7 Å². The number of para-hydroxylation sites is 1. The lowest BCUT2D eigenvalue weighted by Gasteiger charge is -2.20. The van der Waals surface area contributed by atoms with E-state index < -0.39 is 0 Å². The third-order valence-corrected chi connectivity index (χ3v) is 5.14. The number of halogens is 1. The van der Waals surface area contributed by atoms with Gasteiger partial charge >= 0.3 is 0 Å². The first-order valence-corrected chi connectivity index (χ1v) is 10.3. The molecule has 1 fully saturated rings. The van der Waals surface area contributed by atoms with Crippen molar-refractivity contribution < 1.29 is 14.0 Å². The Morgan fingerprint density at radius 2 is 1.97 bits per heavy atom. The van der Waals surface area contributed by atoms with Gasteiger partial charge in [0.1, 0.15) is 0 Å². The number of methoxy groups -OCH3 is 1. The molecular weight excluding hydrogens is 495 g/mol. The van der Waals surface area contributed by atoms with E-state index in [4.69, 9.17) is 14.0 Å². The molecule has 0 amide bonds. The van der Waals surface area contributed by atoms with Crippen LogP contribution in [0.1, 0.15) is 62.5 Å². The Balaban J connectivity index is 0.00000320. The van der Waals surface area contributed by atoms with E-state index in [0.717, 1.165) is 41.4 Å². The maximum Gasteiger partial charge on any atom is 0.191 e. The molecule has 0 saturated heterocycles. The Hall–Kier alpha value is -1.97. The molecular formula is C22H33IN4O3. The van der Waals surface area contributed by atoms with Crippen LogP contribution in [0.4, 0.5) is 0 Å². The van der Waals surface area contributed by atoms with E-state index in [9.17, 15) is 0 Å². The molecule has 30 heavy (non-hydrogen) atoms. The van der Waals surface area contributed by atoms with Gasteiger partial charge in [-0.05, 0) is 37.7 Å². The Bertz CT molecular complexity index is 816.